The van der Waals surface area contributed by atoms with Crippen molar-refractivity contribution in [3.8, 4) is 6.07 Å². The number of anilines is 1. The standard InChI is InChI=1S/C12H15BrN2O2S/c1-12(2,18(3,16)17)8-15-11-6-4-5-10(13)9(11)7-14/h4-6,15H,8H2,1-3H3. The molecule has 0 radical (unpaired) electrons. The van der Waals surface area contributed by atoms with Crippen LogP contribution in [0.3, 0.4) is 0 Å². The summed E-state index contributed by atoms with van der Waals surface area (Å²) < 4.78 is 23.0. The minimum atomic E-state index is -3.16. The Hall–Kier alpha value is -1.06. The third-order valence-electron chi connectivity index (χ3n) is 2.83. The molecule has 1 aromatic carbocycles. The van der Waals surface area contributed by atoms with Crippen molar-refractivity contribution in [3.63, 3.8) is 0 Å². The molecule has 4 nitrogen and oxygen atoms in total. The molecule has 6 heteroatoms. The fourth-order valence-electron chi connectivity index (χ4n) is 1.22. The van der Waals surface area contributed by atoms with Gasteiger partial charge in [0.1, 0.15) is 6.07 Å². The number of halogens is 1. The van der Waals surface area contributed by atoms with Gasteiger partial charge in [-0.1, -0.05) is 6.07 Å². The van der Waals surface area contributed by atoms with Crippen LogP contribution in [0.4, 0.5) is 5.69 Å². The smallest absolute Gasteiger partial charge is 0.154 e. The Bertz CT molecular complexity index is 589. The number of hydrogen-bond donors (Lipinski definition) is 1. The second-order valence-corrected chi connectivity index (χ2v) is 8.16. The molecule has 0 aliphatic heterocycles. The van der Waals surface area contributed by atoms with E-state index in [1.807, 2.05) is 0 Å². The van der Waals surface area contributed by atoms with Gasteiger partial charge in [-0.3, -0.25) is 0 Å². The summed E-state index contributed by atoms with van der Waals surface area (Å²) in [5.74, 6) is 0. The Balaban J connectivity index is 2.96. The van der Waals surface area contributed by atoms with Crippen LogP contribution >= 0.6 is 15.9 Å². The van der Waals surface area contributed by atoms with Crippen molar-refractivity contribution in [3.05, 3.63) is 28.2 Å². The summed E-state index contributed by atoms with van der Waals surface area (Å²) in [4.78, 5) is 0. The van der Waals surface area contributed by atoms with Crippen LogP contribution < -0.4 is 5.32 Å². The monoisotopic (exact) mass is 330 g/mol. The maximum absolute atomic E-state index is 11.6. The van der Waals surface area contributed by atoms with E-state index in [0.717, 1.165) is 0 Å². The van der Waals surface area contributed by atoms with Crippen LogP contribution in [-0.4, -0.2) is 26.0 Å². The van der Waals surface area contributed by atoms with Crippen LogP contribution in [0.2, 0.25) is 0 Å². The maximum Gasteiger partial charge on any atom is 0.154 e. The van der Waals surface area contributed by atoms with Gasteiger partial charge in [-0.15, -0.1) is 0 Å². The third kappa shape index (κ3) is 3.24. The highest BCUT2D eigenvalue weighted by atomic mass is 79.9. The van der Waals surface area contributed by atoms with Gasteiger partial charge in [-0.2, -0.15) is 5.26 Å². The van der Waals surface area contributed by atoms with Gasteiger partial charge in [0.25, 0.3) is 0 Å². The third-order valence-corrected chi connectivity index (χ3v) is 5.65. The molecule has 0 amide bonds. The first-order valence-corrected chi connectivity index (χ1v) is 7.99. The molecule has 0 unspecified atom stereocenters. The molecule has 1 aromatic rings. The van der Waals surface area contributed by atoms with E-state index in [2.05, 4.69) is 27.3 Å². The Morgan fingerprint density at radius 2 is 2.06 bits per heavy atom. The molecule has 0 aliphatic rings. The van der Waals surface area contributed by atoms with E-state index in [0.29, 0.717) is 15.7 Å². The van der Waals surface area contributed by atoms with Crippen molar-refractivity contribution in [1.82, 2.24) is 0 Å². The Kier molecular flexibility index (Phi) is 4.41. The predicted octanol–water partition coefficient (Wildman–Crippen LogP) is 2.56. The highest BCUT2D eigenvalue weighted by Crippen LogP contribution is 2.25. The van der Waals surface area contributed by atoms with Gasteiger partial charge in [0.2, 0.25) is 0 Å². The molecule has 98 valence electrons. The van der Waals surface area contributed by atoms with Crippen LogP contribution in [0.1, 0.15) is 19.4 Å². The molecule has 0 spiro atoms. The number of rotatable bonds is 4. The number of hydrogen-bond acceptors (Lipinski definition) is 4. The molecule has 18 heavy (non-hydrogen) atoms. The summed E-state index contributed by atoms with van der Waals surface area (Å²) in [5, 5.41) is 12.1. The van der Waals surface area contributed by atoms with E-state index in [1.54, 1.807) is 32.0 Å². The average molecular weight is 331 g/mol. The van der Waals surface area contributed by atoms with Crippen LogP contribution in [0, 0.1) is 11.3 Å². The lowest BCUT2D eigenvalue weighted by Crippen LogP contribution is -2.38. The number of nitriles is 1. The molecule has 0 heterocycles. The molecule has 0 fully saturated rings. The Morgan fingerprint density at radius 3 is 2.56 bits per heavy atom. The lowest BCUT2D eigenvalue weighted by atomic mass is 10.1. The minimum absolute atomic E-state index is 0.247. The average Bonchev–Trinajstić information content (AvgIpc) is 2.25. The van der Waals surface area contributed by atoms with Crippen LogP contribution in [0.15, 0.2) is 22.7 Å². The quantitative estimate of drug-likeness (QED) is 0.920. The van der Waals surface area contributed by atoms with Crippen molar-refractivity contribution in [1.29, 1.82) is 5.26 Å². The first-order valence-electron chi connectivity index (χ1n) is 5.31. The van der Waals surface area contributed by atoms with Gasteiger partial charge in [0.05, 0.1) is 16.0 Å². The number of nitrogens with zero attached hydrogens (tertiary/aromatic N) is 1. The summed E-state index contributed by atoms with van der Waals surface area (Å²) in [6, 6.07) is 7.39. The minimum Gasteiger partial charge on any atom is -0.382 e. The van der Waals surface area contributed by atoms with E-state index in [4.69, 9.17) is 5.26 Å². The number of sulfone groups is 1. The predicted molar refractivity (Wildman–Crippen MR) is 76.3 cm³/mol. The second-order valence-electron chi connectivity index (χ2n) is 4.66. The molecule has 0 aromatic heterocycles. The molecule has 1 N–H and O–H groups in total. The summed E-state index contributed by atoms with van der Waals surface area (Å²) in [7, 11) is -3.16. The molecule has 0 saturated heterocycles. The molecule has 0 aliphatic carbocycles. The fraction of sp³-hybridized carbons (Fsp3) is 0.417. The van der Waals surface area contributed by atoms with Crippen LogP contribution in [-0.2, 0) is 9.84 Å². The van der Waals surface area contributed by atoms with Crippen LogP contribution in [0.5, 0.6) is 0 Å². The largest absolute Gasteiger partial charge is 0.382 e. The lowest BCUT2D eigenvalue weighted by molar-refractivity contribution is 0.560. The molecule has 1 rings (SSSR count). The van der Waals surface area contributed by atoms with Gasteiger partial charge >= 0.3 is 0 Å². The van der Waals surface area contributed by atoms with Gasteiger partial charge < -0.3 is 5.32 Å². The zero-order chi connectivity index (χ0) is 14.0. The SMILES string of the molecule is CC(C)(CNc1cccc(Br)c1C#N)S(C)(=O)=O. The first-order chi connectivity index (χ1) is 8.19. The maximum atomic E-state index is 11.6. The number of benzene rings is 1. The van der Waals surface area contributed by atoms with E-state index < -0.39 is 14.6 Å². The lowest BCUT2D eigenvalue weighted by Gasteiger charge is -2.23. The Labute approximate surface area is 116 Å². The van der Waals surface area contributed by atoms with Gasteiger partial charge in [-0.25, -0.2) is 8.42 Å². The van der Waals surface area contributed by atoms with Gasteiger partial charge in [0.15, 0.2) is 9.84 Å². The van der Waals surface area contributed by atoms with Crippen molar-refractivity contribution in [2.24, 2.45) is 0 Å². The second kappa shape index (κ2) is 5.29. The van der Waals surface area contributed by atoms with Crippen molar-refractivity contribution in [2.45, 2.75) is 18.6 Å². The Morgan fingerprint density at radius 1 is 1.44 bits per heavy atom. The zero-order valence-electron chi connectivity index (χ0n) is 10.5. The molecular formula is C12H15BrN2O2S. The topological polar surface area (TPSA) is 70.0 Å². The van der Waals surface area contributed by atoms with E-state index >= 15 is 0 Å². The van der Waals surface area contributed by atoms with E-state index in [9.17, 15) is 8.42 Å². The van der Waals surface area contributed by atoms with Crippen molar-refractivity contribution in [2.75, 3.05) is 18.1 Å². The number of nitrogens with one attached hydrogen (secondary N) is 1. The summed E-state index contributed by atoms with van der Waals surface area (Å²) >= 11 is 3.29. The zero-order valence-corrected chi connectivity index (χ0v) is 12.9. The summed E-state index contributed by atoms with van der Waals surface area (Å²) in [6.07, 6.45) is 1.21. The van der Waals surface area contributed by atoms with Crippen molar-refractivity contribution >= 4 is 31.5 Å². The van der Waals surface area contributed by atoms with Gasteiger partial charge in [-0.05, 0) is 41.9 Å². The first kappa shape index (κ1) is 15.0. The van der Waals surface area contributed by atoms with Crippen LogP contribution in [0.25, 0.3) is 0 Å². The highest BCUT2D eigenvalue weighted by Gasteiger charge is 2.30. The highest BCUT2D eigenvalue weighted by molar-refractivity contribution is 9.10. The normalized spacial score (nSPS) is 11.9. The molecular weight excluding hydrogens is 316 g/mol. The summed E-state index contributed by atoms with van der Waals surface area (Å²) in [5.41, 5.74) is 1.10. The van der Waals surface area contributed by atoms with Gasteiger partial charge in [0, 0.05) is 17.3 Å². The molecule has 0 atom stereocenters. The van der Waals surface area contributed by atoms with Crippen molar-refractivity contribution < 1.29 is 8.42 Å². The summed E-state index contributed by atoms with van der Waals surface area (Å²) in [6.45, 7) is 3.55. The fourth-order valence-corrected chi connectivity index (χ4v) is 2.01. The van der Waals surface area contributed by atoms with E-state index in [-0.39, 0.29) is 6.54 Å². The van der Waals surface area contributed by atoms with E-state index in [1.165, 1.54) is 6.26 Å². The molecule has 0 bridgehead atoms. The molecule has 0 saturated carbocycles.